The lowest BCUT2D eigenvalue weighted by atomic mass is 10.2. The van der Waals surface area contributed by atoms with Gasteiger partial charge in [-0.1, -0.05) is 63.9 Å². The Hall–Kier alpha value is -1.89. The predicted octanol–water partition coefficient (Wildman–Crippen LogP) is 6.55. The number of carboxylic acid groups (broad SMARTS) is 1. The van der Waals surface area contributed by atoms with Crippen molar-refractivity contribution in [1.29, 1.82) is 0 Å². The van der Waals surface area contributed by atoms with Crippen LogP contribution in [0.3, 0.4) is 0 Å². The van der Waals surface area contributed by atoms with E-state index < -0.39 is 14.3 Å². The third kappa shape index (κ3) is 6.79. The number of rotatable bonds is 10. The molecule has 170 valence electrons. The fraction of sp³-hybridized carbons (Fsp3) is 0.500. The molecule has 1 aromatic carbocycles. The molecule has 1 aromatic heterocycles. The minimum Gasteiger partial charge on any atom is -0.478 e. The highest BCUT2D eigenvalue weighted by Crippen LogP contribution is 2.37. The Kier molecular flexibility index (Phi) is 8.69. The number of aliphatic carboxylic acids is 1. The average Bonchev–Trinajstić information content (AvgIpc) is 3.00. The number of hydrogen-bond acceptors (Lipinski definition) is 3. The molecule has 0 unspecified atom stereocenters. The van der Waals surface area contributed by atoms with Gasteiger partial charge in [-0.05, 0) is 42.3 Å². The van der Waals surface area contributed by atoms with Gasteiger partial charge in [-0.15, -0.1) is 0 Å². The first kappa shape index (κ1) is 25.4. The van der Waals surface area contributed by atoms with Gasteiger partial charge in [0.25, 0.3) is 0 Å². The van der Waals surface area contributed by atoms with Gasteiger partial charge in [-0.2, -0.15) is 0 Å². The van der Waals surface area contributed by atoms with Gasteiger partial charge < -0.3 is 14.1 Å². The first-order valence-corrected chi connectivity index (χ1v) is 14.1. The molecule has 1 heterocycles. The van der Waals surface area contributed by atoms with Crippen molar-refractivity contribution in [2.75, 3.05) is 0 Å². The van der Waals surface area contributed by atoms with Crippen LogP contribution in [0.4, 0.5) is 0 Å². The van der Waals surface area contributed by atoms with Crippen LogP contribution in [0.2, 0.25) is 23.2 Å². The third-order valence-corrected chi connectivity index (χ3v) is 10.8. The van der Waals surface area contributed by atoms with E-state index in [4.69, 9.17) is 21.0 Å². The van der Waals surface area contributed by atoms with Crippen LogP contribution < -0.4 is 0 Å². The molecule has 0 spiro atoms. The number of unbranched alkanes of at least 4 members (excludes halogenated alkanes) is 1. The summed E-state index contributed by atoms with van der Waals surface area (Å²) in [6.07, 6.45) is 5.67. The number of nitrogens with zero attached hydrogens (tertiary/aromatic N) is 2. The summed E-state index contributed by atoms with van der Waals surface area (Å²) in [6.45, 7) is 14.1. The summed E-state index contributed by atoms with van der Waals surface area (Å²) in [6, 6.07) is 7.72. The average molecular weight is 463 g/mol. The molecule has 0 bridgehead atoms. The second-order valence-corrected chi connectivity index (χ2v) is 14.6. The summed E-state index contributed by atoms with van der Waals surface area (Å²) >= 11 is 6.42. The Morgan fingerprint density at radius 1 is 1.29 bits per heavy atom. The second-order valence-electron chi connectivity index (χ2n) is 9.36. The minimum atomic E-state index is -1.98. The van der Waals surface area contributed by atoms with Gasteiger partial charge in [-0.25, -0.2) is 9.78 Å². The molecule has 0 radical (unpaired) electrons. The molecule has 7 heteroatoms. The number of aromatic nitrogens is 2. The molecular formula is C24H35ClN2O3Si. The fourth-order valence-corrected chi connectivity index (χ4v) is 4.10. The smallest absolute Gasteiger partial charge is 0.328 e. The molecular weight excluding hydrogens is 428 g/mol. The molecule has 5 nitrogen and oxygen atoms in total. The molecule has 1 N–H and O–H groups in total. The van der Waals surface area contributed by atoms with Crippen molar-refractivity contribution >= 4 is 32.0 Å². The number of hydrogen-bond donors (Lipinski definition) is 1. The number of carboxylic acids is 1. The molecule has 2 rings (SSSR count). The van der Waals surface area contributed by atoms with Gasteiger partial charge in [0.2, 0.25) is 0 Å². The Morgan fingerprint density at radius 2 is 1.97 bits per heavy atom. The summed E-state index contributed by atoms with van der Waals surface area (Å²) in [5.74, 6) is -0.0579. The number of benzene rings is 1. The van der Waals surface area contributed by atoms with E-state index in [0.717, 1.165) is 42.0 Å². The SMILES string of the molecule is CCCCc1nc(CO[Si](C)(C)C(C)(C)C)c(C=CC(=O)O)n1Cc1ccccc1Cl. The van der Waals surface area contributed by atoms with E-state index in [1.165, 1.54) is 6.08 Å². The first-order valence-electron chi connectivity index (χ1n) is 10.8. The van der Waals surface area contributed by atoms with Crippen molar-refractivity contribution in [3.8, 4) is 0 Å². The van der Waals surface area contributed by atoms with Crippen molar-refractivity contribution in [2.24, 2.45) is 0 Å². The molecule has 2 aromatic rings. The van der Waals surface area contributed by atoms with E-state index in [2.05, 4.69) is 45.4 Å². The highest BCUT2D eigenvalue weighted by molar-refractivity contribution is 6.74. The van der Waals surface area contributed by atoms with Gasteiger partial charge in [0.15, 0.2) is 8.32 Å². The van der Waals surface area contributed by atoms with Crippen molar-refractivity contribution in [1.82, 2.24) is 9.55 Å². The van der Waals surface area contributed by atoms with E-state index in [1.807, 2.05) is 24.3 Å². The summed E-state index contributed by atoms with van der Waals surface area (Å²) in [5, 5.41) is 10.0. The standard InChI is InChI=1S/C24H35ClN2O3Si/c1-7-8-13-22-26-20(17-30-31(5,6)24(2,3)4)21(14-15-23(28)29)27(22)16-18-11-9-10-12-19(18)25/h9-12,14-15H,7-8,13,16-17H2,1-6H3,(H,28,29). The number of imidazole rings is 1. The highest BCUT2D eigenvalue weighted by Gasteiger charge is 2.37. The maximum absolute atomic E-state index is 11.3. The van der Waals surface area contributed by atoms with Crippen molar-refractivity contribution in [2.45, 2.75) is 78.2 Å². The summed E-state index contributed by atoms with van der Waals surface area (Å²) in [4.78, 5) is 16.2. The molecule has 0 saturated carbocycles. The number of halogens is 1. The van der Waals surface area contributed by atoms with Crippen molar-refractivity contribution in [3.63, 3.8) is 0 Å². The molecule has 0 atom stereocenters. The Morgan fingerprint density at radius 3 is 2.55 bits per heavy atom. The predicted molar refractivity (Wildman–Crippen MR) is 130 cm³/mol. The fourth-order valence-electron chi connectivity index (χ4n) is 2.98. The molecule has 0 amide bonds. The lowest BCUT2D eigenvalue weighted by Crippen LogP contribution is -2.40. The Balaban J connectivity index is 2.51. The quantitative estimate of drug-likeness (QED) is 0.321. The zero-order valence-corrected chi connectivity index (χ0v) is 21.3. The van der Waals surface area contributed by atoms with Crippen LogP contribution in [0.5, 0.6) is 0 Å². The van der Waals surface area contributed by atoms with Crippen LogP contribution >= 0.6 is 11.6 Å². The largest absolute Gasteiger partial charge is 0.478 e. The topological polar surface area (TPSA) is 64.3 Å². The van der Waals surface area contributed by atoms with E-state index >= 15 is 0 Å². The van der Waals surface area contributed by atoms with Gasteiger partial charge in [0.05, 0.1) is 24.5 Å². The molecule has 0 saturated heterocycles. The minimum absolute atomic E-state index is 0.0786. The summed E-state index contributed by atoms with van der Waals surface area (Å²) < 4.78 is 8.51. The summed E-state index contributed by atoms with van der Waals surface area (Å²) in [5.41, 5.74) is 2.52. The monoisotopic (exact) mass is 462 g/mol. The van der Waals surface area contributed by atoms with Crippen LogP contribution in [-0.4, -0.2) is 28.9 Å². The van der Waals surface area contributed by atoms with Gasteiger partial charge in [0, 0.05) is 17.5 Å². The van der Waals surface area contributed by atoms with E-state index in [-0.39, 0.29) is 5.04 Å². The van der Waals surface area contributed by atoms with Crippen LogP contribution in [0, 0.1) is 0 Å². The zero-order valence-electron chi connectivity index (χ0n) is 19.5. The van der Waals surface area contributed by atoms with Crippen molar-refractivity contribution in [3.05, 3.63) is 58.1 Å². The summed E-state index contributed by atoms with van der Waals surface area (Å²) in [7, 11) is -1.98. The van der Waals surface area contributed by atoms with Gasteiger partial charge >= 0.3 is 5.97 Å². The normalized spacial score (nSPS) is 12.6. The van der Waals surface area contributed by atoms with Crippen molar-refractivity contribution < 1.29 is 14.3 Å². The second kappa shape index (κ2) is 10.6. The molecule has 31 heavy (non-hydrogen) atoms. The molecule has 0 fully saturated rings. The van der Waals surface area contributed by atoms with Crippen LogP contribution in [-0.2, 0) is 28.8 Å². The van der Waals surface area contributed by atoms with Gasteiger partial charge in [0.1, 0.15) is 5.82 Å². The van der Waals surface area contributed by atoms with Gasteiger partial charge in [-0.3, -0.25) is 0 Å². The molecule has 0 aliphatic heterocycles. The number of carbonyl (C=O) groups is 1. The van der Waals surface area contributed by atoms with E-state index in [9.17, 15) is 9.90 Å². The zero-order chi connectivity index (χ0) is 23.2. The Bertz CT molecular complexity index is 929. The lowest BCUT2D eigenvalue weighted by molar-refractivity contribution is -0.131. The van der Waals surface area contributed by atoms with E-state index in [0.29, 0.717) is 18.2 Å². The first-order chi connectivity index (χ1) is 14.5. The third-order valence-electron chi connectivity index (χ3n) is 5.96. The van der Waals surface area contributed by atoms with Crippen LogP contribution in [0.1, 0.15) is 63.3 Å². The highest BCUT2D eigenvalue weighted by atomic mass is 35.5. The van der Waals surface area contributed by atoms with E-state index in [1.54, 1.807) is 6.08 Å². The van der Waals surface area contributed by atoms with Crippen LogP contribution in [0.15, 0.2) is 30.3 Å². The number of aryl methyl sites for hydroxylation is 1. The Labute approximate surface area is 192 Å². The lowest BCUT2D eigenvalue weighted by Gasteiger charge is -2.36. The maximum Gasteiger partial charge on any atom is 0.328 e. The maximum atomic E-state index is 11.3. The molecule has 0 aliphatic rings. The van der Waals surface area contributed by atoms with Crippen LogP contribution in [0.25, 0.3) is 6.08 Å². The molecule has 0 aliphatic carbocycles.